The van der Waals surface area contributed by atoms with E-state index in [4.69, 9.17) is 21.1 Å². The first-order valence-electron chi connectivity index (χ1n) is 11.2. The maximum atomic E-state index is 13.8. The summed E-state index contributed by atoms with van der Waals surface area (Å²) < 4.78 is 80.3. The van der Waals surface area contributed by atoms with Crippen LogP contribution in [0, 0.1) is 0 Å². The predicted molar refractivity (Wildman–Crippen MR) is 130 cm³/mol. The van der Waals surface area contributed by atoms with Gasteiger partial charge >= 0.3 is 12.3 Å². The van der Waals surface area contributed by atoms with Crippen LogP contribution in [0.2, 0.25) is 5.02 Å². The number of hydrogen-bond donors (Lipinski definition) is 1. The van der Waals surface area contributed by atoms with E-state index in [1.54, 1.807) is 20.8 Å². The zero-order valence-corrected chi connectivity index (χ0v) is 21.9. The number of likely N-dealkylation sites (tertiary alicyclic amines) is 1. The molecule has 1 amide bonds. The van der Waals surface area contributed by atoms with Gasteiger partial charge in [0.1, 0.15) is 16.2 Å². The lowest BCUT2D eigenvalue weighted by molar-refractivity contribution is -0.137. The van der Waals surface area contributed by atoms with Crippen LogP contribution in [0.3, 0.4) is 0 Å². The third kappa shape index (κ3) is 6.56. The summed E-state index contributed by atoms with van der Waals surface area (Å²) in [6.45, 7) is 5.77. The van der Waals surface area contributed by atoms with E-state index < -0.39 is 39.4 Å². The predicted octanol–water partition coefficient (Wildman–Crippen LogP) is 6.28. The molecule has 0 bridgehead atoms. The number of nitrogens with one attached hydrogen (secondary N) is 1. The van der Waals surface area contributed by atoms with Crippen molar-refractivity contribution < 1.29 is 35.9 Å². The van der Waals surface area contributed by atoms with E-state index >= 15 is 0 Å². The molecule has 0 unspecified atom stereocenters. The molecule has 0 spiro atoms. The first-order chi connectivity index (χ1) is 16.6. The molecule has 1 fully saturated rings. The van der Waals surface area contributed by atoms with Gasteiger partial charge in [0.2, 0.25) is 0 Å². The van der Waals surface area contributed by atoms with Crippen LogP contribution in [0.5, 0.6) is 5.75 Å². The van der Waals surface area contributed by atoms with Crippen molar-refractivity contribution in [2.24, 2.45) is 0 Å². The number of sulfonamides is 1. The number of anilines is 1. The van der Waals surface area contributed by atoms with E-state index in [0.29, 0.717) is 18.9 Å². The normalized spacial score (nSPS) is 15.5. The molecule has 0 aromatic heterocycles. The summed E-state index contributed by atoms with van der Waals surface area (Å²) in [5.74, 6) is -0.432. The van der Waals surface area contributed by atoms with Gasteiger partial charge in [-0.15, -0.1) is 0 Å². The molecule has 0 atom stereocenters. The molecule has 2 aromatic carbocycles. The smallest absolute Gasteiger partial charge is 0.416 e. The number of halogens is 4. The van der Waals surface area contributed by atoms with Crippen LogP contribution in [0.15, 0.2) is 41.3 Å². The fraction of sp³-hybridized carbons (Fsp3) is 0.458. The van der Waals surface area contributed by atoms with Gasteiger partial charge in [0, 0.05) is 18.7 Å². The molecular formula is C24H28ClF3N2O5S. The van der Waals surface area contributed by atoms with Crippen LogP contribution in [-0.2, 0) is 20.9 Å². The number of piperidine rings is 1. The highest BCUT2D eigenvalue weighted by Gasteiger charge is 2.36. The van der Waals surface area contributed by atoms with Crippen molar-refractivity contribution in [2.45, 2.75) is 56.2 Å². The standard InChI is InChI=1S/C24H28ClF3N2O5S/c1-23(2,3)35-22(31)30-11-9-15(10-12-30)17-13-16(24(26,27)28)14-19(21(17)34-4)29-36(32,33)20-8-6-5-7-18(20)25/h5-8,13-15,29H,9-12H2,1-4H3. The topological polar surface area (TPSA) is 84.9 Å². The highest BCUT2D eigenvalue weighted by molar-refractivity contribution is 7.92. The van der Waals surface area contributed by atoms with Crippen LogP contribution in [0.4, 0.5) is 23.7 Å². The molecule has 12 heteroatoms. The van der Waals surface area contributed by atoms with Gasteiger partial charge < -0.3 is 14.4 Å². The second-order valence-corrected chi connectivity index (χ2v) is 11.5. The Kier molecular flexibility index (Phi) is 8.04. The van der Waals surface area contributed by atoms with Crippen LogP contribution in [0.1, 0.15) is 50.7 Å². The molecule has 1 aliphatic heterocycles. The Morgan fingerprint density at radius 3 is 2.25 bits per heavy atom. The van der Waals surface area contributed by atoms with E-state index in [1.165, 1.54) is 36.3 Å². The van der Waals surface area contributed by atoms with Gasteiger partial charge in [0.05, 0.1) is 23.4 Å². The molecule has 1 aliphatic rings. The van der Waals surface area contributed by atoms with Crippen molar-refractivity contribution in [3.63, 3.8) is 0 Å². The van der Waals surface area contributed by atoms with Crippen LogP contribution in [0.25, 0.3) is 0 Å². The fourth-order valence-electron chi connectivity index (χ4n) is 3.98. The van der Waals surface area contributed by atoms with Crippen molar-refractivity contribution in [3.05, 3.63) is 52.5 Å². The van der Waals surface area contributed by atoms with Gasteiger partial charge in [0.25, 0.3) is 10.0 Å². The van der Waals surface area contributed by atoms with E-state index in [0.717, 1.165) is 6.07 Å². The number of methoxy groups -OCH3 is 1. The SMILES string of the molecule is COc1c(NS(=O)(=O)c2ccccc2Cl)cc(C(F)(F)F)cc1C1CCN(C(=O)OC(C)(C)C)CC1. The molecule has 0 radical (unpaired) electrons. The number of carbonyl (C=O) groups excluding carboxylic acids is 1. The molecule has 198 valence electrons. The number of hydrogen-bond acceptors (Lipinski definition) is 5. The Morgan fingerprint density at radius 2 is 1.72 bits per heavy atom. The summed E-state index contributed by atoms with van der Waals surface area (Å²) in [6.07, 6.45) is -4.55. The summed E-state index contributed by atoms with van der Waals surface area (Å²) >= 11 is 6.01. The Morgan fingerprint density at radius 1 is 1.11 bits per heavy atom. The number of amides is 1. The molecule has 2 aromatic rings. The minimum atomic E-state index is -4.73. The van der Waals surface area contributed by atoms with Crippen molar-refractivity contribution >= 4 is 33.4 Å². The average Bonchev–Trinajstić information content (AvgIpc) is 2.77. The first kappa shape index (κ1) is 27.9. The van der Waals surface area contributed by atoms with E-state index in [2.05, 4.69) is 4.72 Å². The van der Waals surface area contributed by atoms with Gasteiger partial charge in [-0.1, -0.05) is 23.7 Å². The maximum Gasteiger partial charge on any atom is 0.416 e. The van der Waals surface area contributed by atoms with Gasteiger partial charge in [-0.3, -0.25) is 4.72 Å². The molecule has 1 heterocycles. The quantitative estimate of drug-likeness (QED) is 0.475. The maximum absolute atomic E-state index is 13.8. The number of alkyl halides is 3. The molecule has 1 saturated heterocycles. The largest absolute Gasteiger partial charge is 0.494 e. The van der Waals surface area contributed by atoms with Gasteiger partial charge in [-0.25, -0.2) is 13.2 Å². The van der Waals surface area contributed by atoms with Gasteiger partial charge in [-0.05, 0) is 63.8 Å². The van der Waals surface area contributed by atoms with Gasteiger partial charge in [-0.2, -0.15) is 13.2 Å². The Hall–Kier alpha value is -2.66. The Labute approximate surface area is 213 Å². The third-order valence-corrected chi connectivity index (χ3v) is 7.47. The van der Waals surface area contributed by atoms with E-state index in [9.17, 15) is 26.4 Å². The second kappa shape index (κ2) is 10.4. The second-order valence-electron chi connectivity index (χ2n) is 9.42. The lowest BCUT2D eigenvalue weighted by Gasteiger charge is -2.34. The monoisotopic (exact) mass is 548 g/mol. The number of carbonyl (C=O) groups is 1. The number of benzene rings is 2. The molecule has 36 heavy (non-hydrogen) atoms. The molecule has 0 saturated carbocycles. The number of nitrogens with zero attached hydrogens (tertiary/aromatic N) is 1. The molecule has 1 N–H and O–H groups in total. The van der Waals surface area contributed by atoms with Gasteiger partial charge in [0.15, 0.2) is 0 Å². The van der Waals surface area contributed by atoms with Crippen LogP contribution < -0.4 is 9.46 Å². The summed E-state index contributed by atoms with van der Waals surface area (Å²) in [5, 5.41) is -0.0781. The van der Waals surface area contributed by atoms with E-state index in [1.807, 2.05) is 0 Å². The lowest BCUT2D eigenvalue weighted by atomic mass is 9.87. The molecule has 3 rings (SSSR count). The summed E-state index contributed by atoms with van der Waals surface area (Å²) in [5.41, 5.74) is -1.85. The molecular weight excluding hydrogens is 521 g/mol. The number of ether oxygens (including phenoxy) is 2. The summed E-state index contributed by atoms with van der Waals surface area (Å²) in [6, 6.07) is 7.27. The fourth-order valence-corrected chi connectivity index (χ4v) is 5.56. The minimum absolute atomic E-state index is 0.0191. The summed E-state index contributed by atoms with van der Waals surface area (Å²) in [7, 11) is -3.06. The summed E-state index contributed by atoms with van der Waals surface area (Å²) in [4.78, 5) is 13.6. The zero-order valence-electron chi connectivity index (χ0n) is 20.3. The van der Waals surface area contributed by atoms with Crippen molar-refractivity contribution in [2.75, 3.05) is 24.9 Å². The average molecular weight is 549 g/mol. The van der Waals surface area contributed by atoms with E-state index in [-0.39, 0.29) is 40.0 Å². The molecule has 0 aliphatic carbocycles. The van der Waals surface area contributed by atoms with Crippen LogP contribution >= 0.6 is 11.6 Å². The Balaban J connectivity index is 1.97. The van der Waals surface area contributed by atoms with Crippen molar-refractivity contribution in [3.8, 4) is 5.75 Å². The Bertz CT molecular complexity index is 1220. The first-order valence-corrected chi connectivity index (χ1v) is 13.0. The van der Waals surface area contributed by atoms with Crippen LogP contribution in [-0.4, -0.2) is 45.2 Å². The number of rotatable bonds is 5. The third-order valence-electron chi connectivity index (χ3n) is 5.61. The van der Waals surface area contributed by atoms with Crippen molar-refractivity contribution in [1.82, 2.24) is 4.90 Å². The molecule has 7 nitrogen and oxygen atoms in total. The highest BCUT2D eigenvalue weighted by atomic mass is 35.5. The minimum Gasteiger partial charge on any atom is -0.494 e. The lowest BCUT2D eigenvalue weighted by Crippen LogP contribution is -2.41. The zero-order chi connectivity index (χ0) is 26.9. The highest BCUT2D eigenvalue weighted by Crippen LogP contribution is 2.44. The van der Waals surface area contributed by atoms with Crippen molar-refractivity contribution in [1.29, 1.82) is 0 Å².